The van der Waals surface area contributed by atoms with Gasteiger partial charge in [-0.25, -0.2) is 8.42 Å². The first-order valence-electron chi connectivity index (χ1n) is 9.30. The maximum Gasteiger partial charge on any atom is 0.279 e. The molecule has 0 saturated carbocycles. The maximum absolute atomic E-state index is 12.7. The van der Waals surface area contributed by atoms with Crippen molar-refractivity contribution in [1.82, 2.24) is 8.87 Å². The van der Waals surface area contributed by atoms with E-state index in [1.807, 2.05) is 30.7 Å². The van der Waals surface area contributed by atoms with Gasteiger partial charge in [0.1, 0.15) is 0 Å². The molecule has 0 bridgehead atoms. The number of halogens is 1. The number of hydrogen-bond donors (Lipinski definition) is 0. The molecule has 0 radical (unpaired) electrons. The van der Waals surface area contributed by atoms with E-state index in [-0.39, 0.29) is 4.90 Å². The van der Waals surface area contributed by atoms with Crippen molar-refractivity contribution in [2.24, 2.45) is 12.0 Å². The Morgan fingerprint density at radius 2 is 1.80 bits per heavy atom. The lowest BCUT2D eigenvalue weighted by molar-refractivity contribution is 0.0730. The molecule has 0 spiro atoms. The monoisotopic (exact) mass is 465 g/mol. The lowest BCUT2D eigenvalue weighted by Gasteiger charge is -2.26. The van der Waals surface area contributed by atoms with E-state index in [0.29, 0.717) is 41.7 Å². The summed E-state index contributed by atoms with van der Waals surface area (Å²) in [5.74, 6) is -0.434. The number of aromatic nitrogens is 1. The van der Waals surface area contributed by atoms with Gasteiger partial charge in [-0.2, -0.15) is 9.30 Å². The van der Waals surface area contributed by atoms with E-state index in [2.05, 4.69) is 4.99 Å². The molecule has 30 heavy (non-hydrogen) atoms. The highest BCUT2D eigenvalue weighted by atomic mass is 35.5. The van der Waals surface area contributed by atoms with Crippen molar-refractivity contribution >= 4 is 49.1 Å². The molecule has 1 aliphatic heterocycles. The number of sulfonamides is 1. The van der Waals surface area contributed by atoms with E-state index >= 15 is 0 Å². The third-order valence-electron chi connectivity index (χ3n) is 5.06. The Balaban J connectivity index is 1.64. The molecule has 0 N–H and O–H groups in total. The number of rotatable bonds is 3. The second-order valence-corrected chi connectivity index (χ2v) is 10.3. The number of morpholine rings is 1. The maximum atomic E-state index is 12.7. The first kappa shape index (κ1) is 21.2. The van der Waals surface area contributed by atoms with Gasteiger partial charge in [0.05, 0.1) is 28.3 Å². The number of carbonyl (C=O) groups is 1. The number of amides is 1. The van der Waals surface area contributed by atoms with Crippen molar-refractivity contribution in [2.75, 3.05) is 26.3 Å². The molecule has 10 heteroatoms. The second-order valence-electron chi connectivity index (χ2n) is 6.92. The van der Waals surface area contributed by atoms with Crippen LogP contribution < -0.4 is 4.80 Å². The van der Waals surface area contributed by atoms with Gasteiger partial charge in [0.2, 0.25) is 10.0 Å². The summed E-state index contributed by atoms with van der Waals surface area (Å²) in [5.41, 5.74) is 2.19. The van der Waals surface area contributed by atoms with Crippen LogP contribution in [0.1, 0.15) is 15.9 Å². The minimum atomic E-state index is -3.60. The number of nitrogens with zero attached hydrogens (tertiary/aromatic N) is 3. The van der Waals surface area contributed by atoms with Crippen LogP contribution in [0.3, 0.4) is 0 Å². The van der Waals surface area contributed by atoms with Gasteiger partial charge in [-0.1, -0.05) is 22.9 Å². The highest BCUT2D eigenvalue weighted by Gasteiger charge is 2.26. The van der Waals surface area contributed by atoms with Gasteiger partial charge in [0.25, 0.3) is 5.91 Å². The zero-order valence-electron chi connectivity index (χ0n) is 16.5. The minimum Gasteiger partial charge on any atom is -0.379 e. The third kappa shape index (κ3) is 3.83. The first-order chi connectivity index (χ1) is 14.3. The van der Waals surface area contributed by atoms with E-state index in [0.717, 1.165) is 15.8 Å². The first-order valence-corrected chi connectivity index (χ1v) is 11.9. The molecule has 1 fully saturated rings. The number of carbonyl (C=O) groups excluding carboxylic acids is 1. The summed E-state index contributed by atoms with van der Waals surface area (Å²) in [6.07, 6.45) is 0. The molecule has 4 rings (SSSR count). The lowest BCUT2D eigenvalue weighted by Crippen LogP contribution is -2.40. The van der Waals surface area contributed by atoms with E-state index in [4.69, 9.17) is 16.3 Å². The van der Waals surface area contributed by atoms with Gasteiger partial charge in [-0.3, -0.25) is 4.79 Å². The van der Waals surface area contributed by atoms with Gasteiger partial charge in [0, 0.05) is 30.7 Å². The molecular weight excluding hydrogens is 446 g/mol. The summed E-state index contributed by atoms with van der Waals surface area (Å²) in [5, 5.41) is 0.658. The molecule has 0 aliphatic carbocycles. The van der Waals surface area contributed by atoms with Crippen molar-refractivity contribution < 1.29 is 17.9 Å². The number of fused-ring (bicyclic) bond motifs is 1. The normalized spacial score (nSPS) is 16.3. The molecule has 158 valence electrons. The van der Waals surface area contributed by atoms with Gasteiger partial charge in [-0.05, 0) is 48.9 Å². The molecular formula is C20H20ClN3O4S2. The van der Waals surface area contributed by atoms with E-state index in [1.54, 1.807) is 0 Å². The number of benzene rings is 2. The van der Waals surface area contributed by atoms with Crippen LogP contribution in [0.2, 0.25) is 5.02 Å². The van der Waals surface area contributed by atoms with Crippen LogP contribution in [0.15, 0.2) is 46.3 Å². The molecule has 7 nitrogen and oxygen atoms in total. The van der Waals surface area contributed by atoms with E-state index in [1.165, 1.54) is 39.9 Å². The third-order valence-corrected chi connectivity index (χ3v) is 8.48. The molecule has 2 heterocycles. The summed E-state index contributed by atoms with van der Waals surface area (Å²) in [6.45, 7) is 3.34. The van der Waals surface area contributed by atoms with Gasteiger partial charge < -0.3 is 9.30 Å². The highest BCUT2D eigenvalue weighted by Crippen LogP contribution is 2.26. The molecule has 3 aromatic rings. The Morgan fingerprint density at radius 3 is 2.47 bits per heavy atom. The Hall–Kier alpha value is -2.04. The van der Waals surface area contributed by atoms with Crippen LogP contribution in [0.4, 0.5) is 0 Å². The van der Waals surface area contributed by atoms with Crippen LogP contribution in [-0.2, 0) is 21.8 Å². The fourth-order valence-electron chi connectivity index (χ4n) is 3.37. The van der Waals surface area contributed by atoms with Crippen molar-refractivity contribution in [3.05, 3.63) is 57.3 Å². The summed E-state index contributed by atoms with van der Waals surface area (Å²) < 4.78 is 34.9. The summed E-state index contributed by atoms with van der Waals surface area (Å²) >= 11 is 7.61. The number of hydrogen-bond acceptors (Lipinski definition) is 5. The van der Waals surface area contributed by atoms with Gasteiger partial charge >= 0.3 is 0 Å². The Labute approximate surface area is 183 Å². The number of aryl methyl sites for hydroxylation is 2. The largest absolute Gasteiger partial charge is 0.379 e. The topological polar surface area (TPSA) is 81.0 Å². The quantitative estimate of drug-likeness (QED) is 0.595. The van der Waals surface area contributed by atoms with Crippen LogP contribution in [-0.4, -0.2) is 49.5 Å². The predicted octanol–water partition coefficient (Wildman–Crippen LogP) is 2.96. The van der Waals surface area contributed by atoms with Crippen molar-refractivity contribution in [2.45, 2.75) is 11.8 Å². The average Bonchev–Trinajstić information content (AvgIpc) is 3.07. The second kappa shape index (κ2) is 8.24. The zero-order chi connectivity index (χ0) is 21.5. The van der Waals surface area contributed by atoms with Crippen molar-refractivity contribution in [1.29, 1.82) is 0 Å². The molecule has 1 saturated heterocycles. The highest BCUT2D eigenvalue weighted by molar-refractivity contribution is 7.89. The fraction of sp³-hybridized carbons (Fsp3) is 0.300. The minimum absolute atomic E-state index is 0.152. The van der Waals surface area contributed by atoms with Crippen LogP contribution in [0.25, 0.3) is 10.2 Å². The number of ether oxygens (including phenoxy) is 1. The molecule has 0 unspecified atom stereocenters. The van der Waals surface area contributed by atoms with Gasteiger partial charge in [-0.15, -0.1) is 0 Å². The van der Waals surface area contributed by atoms with E-state index in [9.17, 15) is 13.2 Å². The van der Waals surface area contributed by atoms with Crippen molar-refractivity contribution in [3.8, 4) is 0 Å². The average molecular weight is 466 g/mol. The summed E-state index contributed by atoms with van der Waals surface area (Å²) in [4.78, 5) is 17.6. The summed E-state index contributed by atoms with van der Waals surface area (Å²) in [6, 6.07) is 9.62. The number of thiazole rings is 1. The summed E-state index contributed by atoms with van der Waals surface area (Å²) in [7, 11) is -1.76. The van der Waals surface area contributed by atoms with E-state index < -0.39 is 15.9 Å². The Kier molecular flexibility index (Phi) is 5.82. The van der Waals surface area contributed by atoms with Gasteiger partial charge in [0.15, 0.2) is 4.80 Å². The lowest BCUT2D eigenvalue weighted by atomic mass is 10.2. The standard InChI is InChI=1S/C20H20ClN3O4S2/c1-13-16(21)7-8-17-18(13)23(2)20(29-17)22-19(25)14-3-5-15(6-4-14)30(26,27)24-9-11-28-12-10-24/h3-8H,9-12H2,1-2H3. The van der Waals surface area contributed by atoms with Crippen molar-refractivity contribution in [3.63, 3.8) is 0 Å². The molecule has 1 aromatic heterocycles. The smallest absolute Gasteiger partial charge is 0.279 e. The fourth-order valence-corrected chi connectivity index (χ4v) is 6.00. The molecule has 1 aliphatic rings. The SMILES string of the molecule is Cc1c(Cl)ccc2sc(=NC(=O)c3ccc(S(=O)(=O)N4CCOCC4)cc3)n(C)c12. The molecule has 0 atom stereocenters. The zero-order valence-corrected chi connectivity index (χ0v) is 18.9. The van der Waals surface area contributed by atoms with Crippen LogP contribution >= 0.6 is 22.9 Å². The van der Waals surface area contributed by atoms with Crippen LogP contribution in [0, 0.1) is 6.92 Å². The molecule has 2 aromatic carbocycles. The predicted molar refractivity (Wildman–Crippen MR) is 116 cm³/mol. The Morgan fingerprint density at radius 1 is 1.13 bits per heavy atom. The Bertz CT molecular complexity index is 1290. The molecule has 1 amide bonds. The van der Waals surface area contributed by atoms with Crippen LogP contribution in [0.5, 0.6) is 0 Å².